The molecule has 0 N–H and O–H groups in total. The van der Waals surface area contributed by atoms with E-state index in [4.69, 9.17) is 0 Å². The van der Waals surface area contributed by atoms with Crippen LogP contribution in [0.5, 0.6) is 0 Å². The van der Waals surface area contributed by atoms with Gasteiger partial charge in [-0.1, -0.05) is 0 Å². The molecule has 0 aliphatic carbocycles. The summed E-state index contributed by atoms with van der Waals surface area (Å²) in [5.74, 6) is 0.138. The van der Waals surface area contributed by atoms with Crippen molar-refractivity contribution in [3.63, 3.8) is 0 Å². The fraction of sp³-hybridized carbons (Fsp3) is 0.455. The first-order valence-electron chi connectivity index (χ1n) is 4.58. The van der Waals surface area contributed by atoms with Crippen molar-refractivity contribution in [2.75, 3.05) is 0 Å². The predicted molar refractivity (Wildman–Crippen MR) is 61.5 cm³/mol. The lowest BCUT2D eigenvalue weighted by molar-refractivity contribution is 0.100. The summed E-state index contributed by atoms with van der Waals surface area (Å²) in [4.78, 5) is 15.8. The molecule has 14 heavy (non-hydrogen) atoms. The van der Waals surface area contributed by atoms with E-state index in [0.717, 1.165) is 5.56 Å². The van der Waals surface area contributed by atoms with Crippen LogP contribution in [0.3, 0.4) is 0 Å². The maximum Gasteiger partial charge on any atom is 0.169 e. The standard InChI is InChI=1S/C11H15NOS/c1-11(2,3)12-6-4-10(13)9-5-7-14-8-9/h5-8H,4H2,1-3H3. The van der Waals surface area contributed by atoms with Gasteiger partial charge in [0, 0.05) is 23.6 Å². The second-order valence-corrected chi connectivity index (χ2v) is 4.90. The monoisotopic (exact) mass is 209 g/mol. The van der Waals surface area contributed by atoms with Crippen molar-refractivity contribution in [3.05, 3.63) is 22.4 Å². The topological polar surface area (TPSA) is 29.4 Å². The number of ketones is 1. The molecule has 1 heterocycles. The average Bonchev–Trinajstić information content (AvgIpc) is 2.53. The van der Waals surface area contributed by atoms with Crippen molar-refractivity contribution >= 4 is 23.3 Å². The van der Waals surface area contributed by atoms with Crippen LogP contribution < -0.4 is 0 Å². The highest BCUT2D eigenvalue weighted by molar-refractivity contribution is 7.08. The number of hydrogen-bond donors (Lipinski definition) is 0. The van der Waals surface area contributed by atoms with Crippen LogP contribution in [0, 0.1) is 0 Å². The van der Waals surface area contributed by atoms with E-state index in [9.17, 15) is 4.79 Å². The summed E-state index contributed by atoms with van der Waals surface area (Å²) in [7, 11) is 0. The number of Topliss-reactive ketones (excluding diaryl/α,β-unsaturated/α-hetero) is 1. The molecule has 0 bridgehead atoms. The van der Waals surface area contributed by atoms with Gasteiger partial charge in [-0.05, 0) is 32.2 Å². The highest BCUT2D eigenvalue weighted by atomic mass is 32.1. The Balaban J connectivity index is 2.48. The first-order valence-corrected chi connectivity index (χ1v) is 5.52. The summed E-state index contributed by atoms with van der Waals surface area (Å²) in [6, 6.07) is 1.85. The second-order valence-electron chi connectivity index (χ2n) is 4.12. The van der Waals surface area contributed by atoms with E-state index in [1.54, 1.807) is 17.6 Å². The molecule has 0 fully saturated rings. The number of thiophene rings is 1. The van der Waals surface area contributed by atoms with E-state index in [1.165, 1.54) is 0 Å². The predicted octanol–water partition coefficient (Wildman–Crippen LogP) is 3.19. The molecular formula is C11H15NOS. The van der Waals surface area contributed by atoms with Gasteiger partial charge in [0.05, 0.1) is 5.54 Å². The van der Waals surface area contributed by atoms with E-state index < -0.39 is 0 Å². The van der Waals surface area contributed by atoms with Crippen molar-refractivity contribution in [1.29, 1.82) is 0 Å². The van der Waals surface area contributed by atoms with Crippen molar-refractivity contribution in [3.8, 4) is 0 Å². The minimum Gasteiger partial charge on any atom is -0.294 e. The highest BCUT2D eigenvalue weighted by Crippen LogP contribution is 2.09. The Labute approximate surface area is 88.7 Å². The molecule has 1 rings (SSSR count). The zero-order chi connectivity index (χ0) is 10.6. The Morgan fingerprint density at radius 1 is 1.57 bits per heavy atom. The fourth-order valence-electron chi connectivity index (χ4n) is 0.943. The van der Waals surface area contributed by atoms with Crippen LogP contribution in [-0.4, -0.2) is 17.5 Å². The van der Waals surface area contributed by atoms with Crippen LogP contribution in [0.1, 0.15) is 37.6 Å². The third-order valence-electron chi connectivity index (χ3n) is 1.60. The molecule has 1 aromatic heterocycles. The Morgan fingerprint density at radius 2 is 2.29 bits per heavy atom. The van der Waals surface area contributed by atoms with Crippen LogP contribution in [0.2, 0.25) is 0 Å². The van der Waals surface area contributed by atoms with Crippen molar-refractivity contribution in [2.24, 2.45) is 4.99 Å². The average molecular weight is 209 g/mol. The van der Waals surface area contributed by atoms with Crippen molar-refractivity contribution in [2.45, 2.75) is 32.7 Å². The SMILES string of the molecule is CC(C)(C)N=CCC(=O)c1ccsc1. The van der Waals surface area contributed by atoms with Gasteiger partial charge >= 0.3 is 0 Å². The van der Waals surface area contributed by atoms with Crippen LogP contribution in [0.4, 0.5) is 0 Å². The molecule has 0 unspecified atom stereocenters. The molecule has 0 aromatic carbocycles. The lowest BCUT2D eigenvalue weighted by Crippen LogP contribution is -2.10. The van der Waals surface area contributed by atoms with Gasteiger partial charge in [0.25, 0.3) is 0 Å². The molecule has 0 spiro atoms. The van der Waals surface area contributed by atoms with Gasteiger partial charge < -0.3 is 0 Å². The maximum absolute atomic E-state index is 11.5. The van der Waals surface area contributed by atoms with E-state index in [0.29, 0.717) is 6.42 Å². The van der Waals surface area contributed by atoms with E-state index >= 15 is 0 Å². The lowest BCUT2D eigenvalue weighted by atomic mass is 10.1. The summed E-state index contributed by atoms with van der Waals surface area (Å²) in [6.45, 7) is 6.04. The van der Waals surface area contributed by atoms with Crippen LogP contribution in [0.15, 0.2) is 21.8 Å². The van der Waals surface area contributed by atoms with Crippen LogP contribution in [0.25, 0.3) is 0 Å². The second kappa shape index (κ2) is 4.51. The van der Waals surface area contributed by atoms with Crippen LogP contribution in [-0.2, 0) is 0 Å². The molecule has 0 aliphatic rings. The van der Waals surface area contributed by atoms with Gasteiger partial charge in [0.2, 0.25) is 0 Å². The Morgan fingerprint density at radius 3 is 2.79 bits per heavy atom. The summed E-state index contributed by atoms with van der Waals surface area (Å²) >= 11 is 1.54. The first kappa shape index (κ1) is 11.1. The quantitative estimate of drug-likeness (QED) is 0.555. The molecule has 0 amide bonds. The van der Waals surface area contributed by atoms with Gasteiger partial charge in [-0.3, -0.25) is 9.79 Å². The number of carbonyl (C=O) groups is 1. The molecule has 0 atom stereocenters. The normalized spacial score (nSPS) is 12.2. The lowest BCUT2D eigenvalue weighted by Gasteiger charge is -2.10. The Hall–Kier alpha value is -0.960. The number of rotatable bonds is 3. The van der Waals surface area contributed by atoms with E-state index in [2.05, 4.69) is 4.99 Å². The smallest absolute Gasteiger partial charge is 0.169 e. The van der Waals surface area contributed by atoms with Gasteiger partial charge in [-0.2, -0.15) is 11.3 Å². The van der Waals surface area contributed by atoms with Gasteiger partial charge in [-0.25, -0.2) is 0 Å². The Bertz CT molecular complexity index is 320. The zero-order valence-electron chi connectivity index (χ0n) is 8.78. The number of aliphatic imine (C=N–C) groups is 1. The number of hydrogen-bond acceptors (Lipinski definition) is 3. The molecule has 1 aromatic rings. The summed E-state index contributed by atoms with van der Waals surface area (Å²) < 4.78 is 0. The first-order chi connectivity index (χ1) is 6.49. The molecule has 3 heteroatoms. The fourth-order valence-corrected chi connectivity index (χ4v) is 1.60. The third kappa shape index (κ3) is 3.83. The molecule has 2 nitrogen and oxygen atoms in total. The largest absolute Gasteiger partial charge is 0.294 e. The third-order valence-corrected chi connectivity index (χ3v) is 2.28. The molecule has 76 valence electrons. The van der Waals surface area contributed by atoms with E-state index in [1.807, 2.05) is 37.6 Å². The van der Waals surface area contributed by atoms with Crippen LogP contribution >= 0.6 is 11.3 Å². The Kier molecular flexibility index (Phi) is 3.58. The van der Waals surface area contributed by atoms with Gasteiger partial charge in [0.1, 0.15) is 0 Å². The molecule has 0 radical (unpaired) electrons. The summed E-state index contributed by atoms with van der Waals surface area (Å²) in [5, 5.41) is 3.78. The molecule has 0 saturated heterocycles. The minimum absolute atomic E-state index is 0.0884. The number of carbonyl (C=O) groups excluding carboxylic acids is 1. The van der Waals surface area contributed by atoms with Crippen molar-refractivity contribution in [1.82, 2.24) is 0 Å². The van der Waals surface area contributed by atoms with E-state index in [-0.39, 0.29) is 11.3 Å². The minimum atomic E-state index is -0.0884. The number of nitrogens with zero attached hydrogens (tertiary/aromatic N) is 1. The summed E-state index contributed by atoms with van der Waals surface area (Å²) in [5.41, 5.74) is 0.699. The van der Waals surface area contributed by atoms with Crippen molar-refractivity contribution < 1.29 is 4.79 Å². The maximum atomic E-state index is 11.5. The molecular weight excluding hydrogens is 194 g/mol. The summed E-state index contributed by atoms with van der Waals surface area (Å²) in [6.07, 6.45) is 2.11. The highest BCUT2D eigenvalue weighted by Gasteiger charge is 2.07. The molecule has 0 aliphatic heterocycles. The van der Waals surface area contributed by atoms with Gasteiger partial charge in [-0.15, -0.1) is 0 Å². The van der Waals surface area contributed by atoms with Gasteiger partial charge in [0.15, 0.2) is 5.78 Å². The molecule has 0 saturated carbocycles. The zero-order valence-corrected chi connectivity index (χ0v) is 9.60.